The predicted molar refractivity (Wildman–Crippen MR) is 94.0 cm³/mol. The van der Waals surface area contributed by atoms with E-state index in [1.807, 2.05) is 17.1 Å². The lowest BCUT2D eigenvalue weighted by molar-refractivity contribution is 0.251. The zero-order valence-corrected chi connectivity index (χ0v) is 13.8. The summed E-state index contributed by atoms with van der Waals surface area (Å²) in [5, 5.41) is 7.97. The molecule has 22 heavy (non-hydrogen) atoms. The predicted octanol–water partition coefficient (Wildman–Crippen LogP) is 3.02. The van der Waals surface area contributed by atoms with Crippen molar-refractivity contribution in [1.82, 2.24) is 10.3 Å². The van der Waals surface area contributed by atoms with E-state index in [-0.39, 0.29) is 6.03 Å². The molecule has 7 heteroatoms. The summed E-state index contributed by atoms with van der Waals surface area (Å²) >= 11 is 3.41. The molecule has 2 aromatic rings. The van der Waals surface area contributed by atoms with Gasteiger partial charge in [-0.2, -0.15) is 11.8 Å². The van der Waals surface area contributed by atoms with Crippen molar-refractivity contribution >= 4 is 39.9 Å². The maximum Gasteiger partial charge on any atom is 0.321 e. The van der Waals surface area contributed by atoms with Gasteiger partial charge in [0.25, 0.3) is 0 Å². The third-order valence-electron chi connectivity index (χ3n) is 3.42. The molecule has 0 spiro atoms. The largest absolute Gasteiger partial charge is 0.370 e. The molecule has 116 valence electrons. The zero-order chi connectivity index (χ0) is 15.2. The molecule has 0 atom stereocenters. The zero-order valence-electron chi connectivity index (χ0n) is 12.1. The second-order valence-corrected chi connectivity index (χ2v) is 7.03. The third-order valence-corrected chi connectivity index (χ3v) is 5.05. The van der Waals surface area contributed by atoms with Gasteiger partial charge in [0.15, 0.2) is 5.13 Å². The van der Waals surface area contributed by atoms with E-state index in [1.54, 1.807) is 6.20 Å². The van der Waals surface area contributed by atoms with E-state index < -0.39 is 0 Å². The third kappa shape index (κ3) is 4.14. The summed E-state index contributed by atoms with van der Waals surface area (Å²) in [7, 11) is 0. The molecule has 2 amide bonds. The van der Waals surface area contributed by atoms with Gasteiger partial charge >= 0.3 is 6.03 Å². The van der Waals surface area contributed by atoms with Gasteiger partial charge in [-0.3, -0.25) is 5.32 Å². The van der Waals surface area contributed by atoms with E-state index in [0.717, 1.165) is 18.7 Å². The molecule has 2 heterocycles. The van der Waals surface area contributed by atoms with Crippen molar-refractivity contribution in [3.05, 3.63) is 41.4 Å². The second kappa shape index (κ2) is 7.51. The van der Waals surface area contributed by atoms with Gasteiger partial charge in [0, 0.05) is 48.4 Å². The molecular formula is C15H18N4OS2. The first-order valence-electron chi connectivity index (χ1n) is 7.17. The standard InChI is InChI=1S/C15H18N4OS2/c20-14(18-15-16-5-8-22-15)17-11-12-1-3-13(4-2-12)19-6-9-21-10-7-19/h1-5,8H,6-7,9-11H2,(H2,16,17,18,20). The highest BCUT2D eigenvalue weighted by molar-refractivity contribution is 7.99. The van der Waals surface area contributed by atoms with Gasteiger partial charge in [0.2, 0.25) is 0 Å². The van der Waals surface area contributed by atoms with Crippen molar-refractivity contribution in [1.29, 1.82) is 0 Å². The average molecular weight is 334 g/mol. The van der Waals surface area contributed by atoms with Crippen molar-refractivity contribution < 1.29 is 4.79 Å². The van der Waals surface area contributed by atoms with Crippen LogP contribution in [-0.4, -0.2) is 35.6 Å². The fourth-order valence-electron chi connectivity index (χ4n) is 2.25. The van der Waals surface area contributed by atoms with Crippen LogP contribution in [0.4, 0.5) is 15.6 Å². The second-order valence-electron chi connectivity index (χ2n) is 4.91. The molecule has 1 aliphatic rings. The summed E-state index contributed by atoms with van der Waals surface area (Å²) < 4.78 is 0. The molecular weight excluding hydrogens is 316 g/mol. The highest BCUT2D eigenvalue weighted by Gasteiger charge is 2.10. The number of amides is 2. The first kappa shape index (κ1) is 15.2. The molecule has 0 saturated carbocycles. The van der Waals surface area contributed by atoms with E-state index >= 15 is 0 Å². The van der Waals surface area contributed by atoms with Crippen LogP contribution in [0.2, 0.25) is 0 Å². The van der Waals surface area contributed by atoms with Gasteiger partial charge < -0.3 is 10.2 Å². The van der Waals surface area contributed by atoms with E-state index in [1.165, 1.54) is 28.5 Å². The summed E-state index contributed by atoms with van der Waals surface area (Å²) in [6.45, 7) is 2.73. The van der Waals surface area contributed by atoms with Crippen LogP contribution >= 0.6 is 23.1 Å². The summed E-state index contributed by atoms with van der Waals surface area (Å²) in [5.74, 6) is 2.39. The number of hydrogen-bond donors (Lipinski definition) is 2. The molecule has 2 N–H and O–H groups in total. The Morgan fingerprint density at radius 2 is 2.00 bits per heavy atom. The van der Waals surface area contributed by atoms with Crippen molar-refractivity contribution in [2.75, 3.05) is 34.8 Å². The van der Waals surface area contributed by atoms with Crippen LogP contribution in [0.3, 0.4) is 0 Å². The monoisotopic (exact) mass is 334 g/mol. The summed E-state index contributed by atoms with van der Waals surface area (Å²) in [6, 6.07) is 8.17. The van der Waals surface area contributed by atoms with Gasteiger partial charge in [0.05, 0.1) is 0 Å². The number of benzene rings is 1. The number of thioether (sulfide) groups is 1. The van der Waals surface area contributed by atoms with E-state index in [4.69, 9.17) is 0 Å². The van der Waals surface area contributed by atoms with Crippen LogP contribution in [-0.2, 0) is 6.54 Å². The topological polar surface area (TPSA) is 57.3 Å². The van der Waals surface area contributed by atoms with E-state index in [2.05, 4.69) is 44.8 Å². The Bertz CT molecular complexity index is 595. The van der Waals surface area contributed by atoms with E-state index in [9.17, 15) is 4.79 Å². The Hall–Kier alpha value is -1.73. The van der Waals surface area contributed by atoms with Crippen LogP contribution in [0.5, 0.6) is 0 Å². The van der Waals surface area contributed by atoms with Gasteiger partial charge in [-0.05, 0) is 17.7 Å². The van der Waals surface area contributed by atoms with Crippen molar-refractivity contribution in [2.24, 2.45) is 0 Å². The summed E-state index contributed by atoms with van der Waals surface area (Å²) in [5.41, 5.74) is 2.35. The minimum absolute atomic E-state index is 0.230. The lowest BCUT2D eigenvalue weighted by Crippen LogP contribution is -2.32. The molecule has 3 rings (SSSR count). The lowest BCUT2D eigenvalue weighted by Gasteiger charge is -2.28. The molecule has 0 radical (unpaired) electrons. The van der Waals surface area contributed by atoms with Crippen LogP contribution in [0.1, 0.15) is 5.56 Å². The molecule has 5 nitrogen and oxygen atoms in total. The van der Waals surface area contributed by atoms with Crippen molar-refractivity contribution in [2.45, 2.75) is 6.54 Å². The van der Waals surface area contributed by atoms with Crippen LogP contribution in [0.25, 0.3) is 0 Å². The number of carbonyl (C=O) groups is 1. The molecule has 0 bridgehead atoms. The Balaban J connectivity index is 1.49. The average Bonchev–Trinajstić information content (AvgIpc) is 3.07. The molecule has 1 saturated heterocycles. The van der Waals surface area contributed by atoms with Gasteiger partial charge in [-0.15, -0.1) is 11.3 Å². The fourth-order valence-corrected chi connectivity index (χ4v) is 3.68. The normalized spacial score (nSPS) is 14.6. The molecule has 1 aromatic heterocycles. The number of anilines is 2. The van der Waals surface area contributed by atoms with Crippen LogP contribution in [0, 0.1) is 0 Å². The fraction of sp³-hybridized carbons (Fsp3) is 0.333. The number of hydrogen-bond acceptors (Lipinski definition) is 5. The lowest BCUT2D eigenvalue weighted by atomic mass is 10.2. The minimum Gasteiger partial charge on any atom is -0.370 e. The Kier molecular flexibility index (Phi) is 5.18. The van der Waals surface area contributed by atoms with Gasteiger partial charge in [0.1, 0.15) is 0 Å². The maximum atomic E-state index is 11.7. The number of thiazole rings is 1. The highest BCUT2D eigenvalue weighted by atomic mass is 32.2. The van der Waals surface area contributed by atoms with Crippen LogP contribution in [0.15, 0.2) is 35.8 Å². The summed E-state index contributed by atoms with van der Waals surface area (Å²) in [4.78, 5) is 18.2. The molecule has 1 aliphatic heterocycles. The first-order chi connectivity index (χ1) is 10.8. The first-order valence-corrected chi connectivity index (χ1v) is 9.21. The molecule has 0 unspecified atom stereocenters. The van der Waals surface area contributed by atoms with E-state index in [0.29, 0.717) is 11.7 Å². The quantitative estimate of drug-likeness (QED) is 0.902. The Morgan fingerprint density at radius 3 is 2.68 bits per heavy atom. The molecule has 0 aliphatic carbocycles. The minimum atomic E-state index is -0.230. The van der Waals surface area contributed by atoms with Gasteiger partial charge in [-0.1, -0.05) is 12.1 Å². The number of nitrogens with one attached hydrogen (secondary N) is 2. The Morgan fingerprint density at radius 1 is 1.23 bits per heavy atom. The number of rotatable bonds is 4. The molecule has 1 fully saturated rings. The number of urea groups is 1. The number of aromatic nitrogens is 1. The SMILES string of the molecule is O=C(NCc1ccc(N2CCSCC2)cc1)Nc1nccs1. The highest BCUT2D eigenvalue weighted by Crippen LogP contribution is 2.19. The summed E-state index contributed by atoms with van der Waals surface area (Å²) in [6.07, 6.45) is 1.66. The smallest absolute Gasteiger partial charge is 0.321 e. The van der Waals surface area contributed by atoms with Crippen molar-refractivity contribution in [3.63, 3.8) is 0 Å². The number of nitrogens with zero attached hydrogens (tertiary/aromatic N) is 2. The van der Waals surface area contributed by atoms with Crippen molar-refractivity contribution in [3.8, 4) is 0 Å². The van der Waals surface area contributed by atoms with Crippen LogP contribution < -0.4 is 15.5 Å². The van der Waals surface area contributed by atoms with Gasteiger partial charge in [-0.25, -0.2) is 9.78 Å². The maximum absolute atomic E-state index is 11.7. The number of carbonyl (C=O) groups excluding carboxylic acids is 1. The Labute approximate surface area is 138 Å². The molecule has 1 aromatic carbocycles.